The molecular weight excluding hydrogens is 238 g/mol. The second kappa shape index (κ2) is 7.77. The highest BCUT2D eigenvalue weighted by atomic mass is 16.5. The molecule has 0 radical (unpaired) electrons. The summed E-state index contributed by atoms with van der Waals surface area (Å²) in [5.74, 6) is 1.89. The molecule has 0 amide bonds. The van der Waals surface area contributed by atoms with Crippen molar-refractivity contribution in [2.45, 2.75) is 46.5 Å². The predicted octanol–water partition coefficient (Wildman–Crippen LogP) is 3.77. The number of hydrogen-bond acceptors (Lipinski definition) is 4. The van der Waals surface area contributed by atoms with Crippen molar-refractivity contribution in [1.82, 2.24) is 9.97 Å². The quantitative estimate of drug-likeness (QED) is 0.725. The Bertz CT molecular complexity index is 416. The number of hydrogen-bond donors (Lipinski definition) is 1. The first-order valence-corrected chi connectivity index (χ1v) is 6.92. The molecule has 0 saturated carbocycles. The molecular formula is C15H25N3O. The molecule has 4 heteroatoms. The average Bonchev–Trinajstić information content (AvgIpc) is 2.35. The molecule has 4 nitrogen and oxygen atoms in total. The molecule has 0 aliphatic rings. The van der Waals surface area contributed by atoms with Gasteiger partial charge in [0, 0.05) is 13.0 Å². The van der Waals surface area contributed by atoms with Crippen molar-refractivity contribution < 1.29 is 4.74 Å². The molecule has 1 aromatic rings. The van der Waals surface area contributed by atoms with Crippen LogP contribution in [0.4, 0.5) is 5.82 Å². The van der Waals surface area contributed by atoms with Crippen molar-refractivity contribution in [3.05, 3.63) is 24.0 Å². The molecule has 19 heavy (non-hydrogen) atoms. The van der Waals surface area contributed by atoms with E-state index in [2.05, 4.69) is 42.6 Å². The van der Waals surface area contributed by atoms with Crippen LogP contribution in [0.3, 0.4) is 0 Å². The molecule has 0 aromatic carbocycles. The van der Waals surface area contributed by atoms with Gasteiger partial charge in [-0.3, -0.25) is 0 Å². The summed E-state index contributed by atoms with van der Waals surface area (Å²) in [7, 11) is 0. The molecule has 0 fully saturated rings. The van der Waals surface area contributed by atoms with Crippen LogP contribution in [0.15, 0.2) is 18.5 Å². The zero-order valence-electron chi connectivity index (χ0n) is 12.5. The first kappa shape index (κ1) is 15.5. The summed E-state index contributed by atoms with van der Waals surface area (Å²) in [6, 6.07) is 0. The minimum atomic E-state index is 0.320. The van der Waals surface area contributed by atoms with Gasteiger partial charge in [-0.1, -0.05) is 26.3 Å². The number of rotatable bonds is 8. The van der Waals surface area contributed by atoms with E-state index >= 15 is 0 Å². The van der Waals surface area contributed by atoms with E-state index in [1.807, 2.05) is 6.92 Å². The Kier molecular flexibility index (Phi) is 6.33. The van der Waals surface area contributed by atoms with Gasteiger partial charge < -0.3 is 10.1 Å². The molecule has 0 aliphatic heterocycles. The van der Waals surface area contributed by atoms with Crippen LogP contribution in [-0.4, -0.2) is 23.1 Å². The molecule has 0 aliphatic carbocycles. The van der Waals surface area contributed by atoms with E-state index in [1.165, 1.54) is 0 Å². The maximum absolute atomic E-state index is 5.78. The van der Waals surface area contributed by atoms with Gasteiger partial charge in [0.05, 0.1) is 12.2 Å². The Hall–Kier alpha value is -1.58. The SMILES string of the molecule is C=C(C)CCOc1ncnc(NCCC)c1C(C)C. The monoisotopic (exact) mass is 263 g/mol. The van der Waals surface area contributed by atoms with Crippen molar-refractivity contribution in [3.8, 4) is 5.88 Å². The second-order valence-electron chi connectivity index (χ2n) is 5.08. The maximum atomic E-state index is 5.78. The van der Waals surface area contributed by atoms with Gasteiger partial charge >= 0.3 is 0 Å². The van der Waals surface area contributed by atoms with Crippen molar-refractivity contribution in [1.29, 1.82) is 0 Å². The highest BCUT2D eigenvalue weighted by Gasteiger charge is 2.15. The molecule has 1 N–H and O–H groups in total. The van der Waals surface area contributed by atoms with Gasteiger partial charge in [-0.25, -0.2) is 9.97 Å². The number of nitrogens with zero attached hydrogens (tertiary/aromatic N) is 2. The van der Waals surface area contributed by atoms with Crippen molar-refractivity contribution in [2.24, 2.45) is 0 Å². The zero-order chi connectivity index (χ0) is 14.3. The van der Waals surface area contributed by atoms with Crippen molar-refractivity contribution >= 4 is 5.82 Å². The fourth-order valence-electron chi connectivity index (χ4n) is 1.72. The zero-order valence-corrected chi connectivity index (χ0v) is 12.5. The smallest absolute Gasteiger partial charge is 0.222 e. The third-order valence-corrected chi connectivity index (χ3v) is 2.73. The molecule has 0 bridgehead atoms. The lowest BCUT2D eigenvalue weighted by atomic mass is 10.1. The number of anilines is 1. The Morgan fingerprint density at radius 3 is 2.74 bits per heavy atom. The first-order chi connectivity index (χ1) is 9.06. The molecule has 1 rings (SSSR count). The molecule has 0 saturated heterocycles. The van der Waals surface area contributed by atoms with Crippen LogP contribution in [0.1, 0.15) is 52.0 Å². The molecule has 0 spiro atoms. The number of ether oxygens (including phenoxy) is 1. The molecule has 106 valence electrons. The number of nitrogens with one attached hydrogen (secondary N) is 1. The fourth-order valence-corrected chi connectivity index (χ4v) is 1.72. The lowest BCUT2D eigenvalue weighted by Crippen LogP contribution is -2.10. The Morgan fingerprint density at radius 2 is 2.16 bits per heavy atom. The lowest BCUT2D eigenvalue weighted by Gasteiger charge is -2.17. The lowest BCUT2D eigenvalue weighted by molar-refractivity contribution is 0.304. The summed E-state index contributed by atoms with van der Waals surface area (Å²) in [5.41, 5.74) is 2.17. The third kappa shape index (κ3) is 4.89. The van der Waals surface area contributed by atoms with Gasteiger partial charge in [0.25, 0.3) is 0 Å². The summed E-state index contributed by atoms with van der Waals surface area (Å²) in [6.07, 6.45) is 3.46. The minimum absolute atomic E-state index is 0.320. The molecule has 1 aromatic heterocycles. The summed E-state index contributed by atoms with van der Waals surface area (Å²) >= 11 is 0. The fraction of sp³-hybridized carbons (Fsp3) is 0.600. The standard InChI is InChI=1S/C15H25N3O/c1-6-8-16-14-13(12(4)5)15(18-10-17-14)19-9-7-11(2)3/h10,12H,2,6-9H2,1,3-5H3,(H,16,17,18). The van der Waals surface area contributed by atoms with Crippen LogP contribution in [0, 0.1) is 0 Å². The topological polar surface area (TPSA) is 47.0 Å². The van der Waals surface area contributed by atoms with Gasteiger partial charge in [0.1, 0.15) is 12.1 Å². The Labute approximate surface area is 116 Å². The van der Waals surface area contributed by atoms with Crippen LogP contribution < -0.4 is 10.1 Å². The second-order valence-corrected chi connectivity index (χ2v) is 5.08. The largest absolute Gasteiger partial charge is 0.477 e. The normalized spacial score (nSPS) is 10.6. The van der Waals surface area contributed by atoms with E-state index < -0.39 is 0 Å². The van der Waals surface area contributed by atoms with Gasteiger partial charge in [-0.05, 0) is 19.3 Å². The van der Waals surface area contributed by atoms with Crippen LogP contribution in [0.25, 0.3) is 0 Å². The Balaban J connectivity index is 2.86. The molecule has 1 heterocycles. The van der Waals surface area contributed by atoms with Crippen LogP contribution >= 0.6 is 0 Å². The summed E-state index contributed by atoms with van der Waals surface area (Å²) in [4.78, 5) is 8.58. The molecule has 0 atom stereocenters. The van der Waals surface area contributed by atoms with E-state index in [0.717, 1.165) is 36.3 Å². The van der Waals surface area contributed by atoms with E-state index in [-0.39, 0.29) is 0 Å². The minimum Gasteiger partial charge on any atom is -0.477 e. The van der Waals surface area contributed by atoms with Gasteiger partial charge in [-0.2, -0.15) is 0 Å². The molecule has 0 unspecified atom stereocenters. The van der Waals surface area contributed by atoms with Crippen LogP contribution in [-0.2, 0) is 0 Å². The highest BCUT2D eigenvalue weighted by Crippen LogP contribution is 2.30. The summed E-state index contributed by atoms with van der Waals surface area (Å²) in [5, 5.41) is 3.34. The summed E-state index contributed by atoms with van der Waals surface area (Å²) in [6.45, 7) is 13.8. The highest BCUT2D eigenvalue weighted by molar-refractivity contribution is 5.50. The van der Waals surface area contributed by atoms with E-state index in [1.54, 1.807) is 6.33 Å². The van der Waals surface area contributed by atoms with Crippen LogP contribution in [0.5, 0.6) is 5.88 Å². The van der Waals surface area contributed by atoms with Crippen LogP contribution in [0.2, 0.25) is 0 Å². The number of aromatic nitrogens is 2. The third-order valence-electron chi connectivity index (χ3n) is 2.73. The first-order valence-electron chi connectivity index (χ1n) is 6.92. The predicted molar refractivity (Wildman–Crippen MR) is 79.8 cm³/mol. The summed E-state index contributed by atoms with van der Waals surface area (Å²) < 4.78 is 5.78. The van der Waals surface area contributed by atoms with Crippen molar-refractivity contribution in [2.75, 3.05) is 18.5 Å². The van der Waals surface area contributed by atoms with Gasteiger partial charge in [0.15, 0.2) is 0 Å². The van der Waals surface area contributed by atoms with E-state index in [9.17, 15) is 0 Å². The maximum Gasteiger partial charge on any atom is 0.222 e. The van der Waals surface area contributed by atoms with Crippen molar-refractivity contribution in [3.63, 3.8) is 0 Å². The van der Waals surface area contributed by atoms with Gasteiger partial charge in [-0.15, -0.1) is 6.58 Å². The Morgan fingerprint density at radius 1 is 1.42 bits per heavy atom. The van der Waals surface area contributed by atoms with Gasteiger partial charge in [0.2, 0.25) is 5.88 Å². The van der Waals surface area contributed by atoms with E-state index in [0.29, 0.717) is 18.4 Å². The average molecular weight is 263 g/mol. The van der Waals surface area contributed by atoms with E-state index in [4.69, 9.17) is 4.74 Å².